The zero-order chi connectivity index (χ0) is 21.3. The number of nitrogens with one attached hydrogen (secondary N) is 1. The van der Waals surface area contributed by atoms with Crippen molar-refractivity contribution >= 4 is 27.3 Å². The van der Waals surface area contributed by atoms with Gasteiger partial charge in [-0.25, -0.2) is 13.4 Å². The van der Waals surface area contributed by atoms with Gasteiger partial charge in [0.25, 0.3) is 0 Å². The zero-order valence-corrected chi connectivity index (χ0v) is 18.1. The minimum absolute atomic E-state index is 0.115. The molecule has 1 N–H and O–H groups in total. The largest absolute Gasteiger partial charge is 0.325 e. The molecule has 4 rings (SSSR count). The van der Waals surface area contributed by atoms with Crippen molar-refractivity contribution in [2.75, 3.05) is 18.4 Å². The van der Waals surface area contributed by atoms with Crippen LogP contribution in [0.25, 0.3) is 5.65 Å². The van der Waals surface area contributed by atoms with Gasteiger partial charge in [-0.2, -0.15) is 4.31 Å². The summed E-state index contributed by atoms with van der Waals surface area (Å²) in [5.41, 5.74) is 3.85. The Morgan fingerprint density at radius 3 is 2.60 bits per heavy atom. The summed E-state index contributed by atoms with van der Waals surface area (Å²) in [6, 6.07) is 8.82. The summed E-state index contributed by atoms with van der Waals surface area (Å²) >= 11 is 0. The molecule has 30 heavy (non-hydrogen) atoms. The van der Waals surface area contributed by atoms with Crippen LogP contribution in [-0.4, -0.2) is 41.1 Å². The Hall–Kier alpha value is -2.71. The van der Waals surface area contributed by atoms with Gasteiger partial charge in [-0.15, -0.1) is 0 Å². The lowest BCUT2D eigenvalue weighted by Gasteiger charge is -2.26. The first-order valence-corrected chi connectivity index (χ1v) is 11.6. The van der Waals surface area contributed by atoms with Crippen molar-refractivity contribution in [2.45, 2.75) is 44.4 Å². The fourth-order valence-corrected chi connectivity index (χ4v) is 5.34. The van der Waals surface area contributed by atoms with E-state index in [2.05, 4.69) is 10.3 Å². The normalized spacial score (nSPS) is 15.4. The topological polar surface area (TPSA) is 83.8 Å². The van der Waals surface area contributed by atoms with Crippen LogP contribution >= 0.6 is 0 Å². The first-order chi connectivity index (χ1) is 14.3. The molecule has 0 unspecified atom stereocenters. The molecule has 0 spiro atoms. The fraction of sp³-hybridized carbons (Fsp3) is 0.364. The number of carbonyl (C=O) groups excluding carboxylic acids is 1. The summed E-state index contributed by atoms with van der Waals surface area (Å²) in [6.07, 6.45) is 6.68. The first-order valence-electron chi connectivity index (χ1n) is 10.2. The van der Waals surface area contributed by atoms with Gasteiger partial charge in [-0.05, 0) is 56.0 Å². The van der Waals surface area contributed by atoms with Gasteiger partial charge in [0.1, 0.15) is 5.65 Å². The molecule has 0 aliphatic carbocycles. The van der Waals surface area contributed by atoms with Gasteiger partial charge >= 0.3 is 0 Å². The molecule has 8 heteroatoms. The number of pyridine rings is 1. The number of hydrogen-bond acceptors (Lipinski definition) is 4. The maximum Gasteiger partial charge on any atom is 0.243 e. The quantitative estimate of drug-likeness (QED) is 0.678. The molecular formula is C22H26N4O3S. The van der Waals surface area contributed by atoms with Crippen molar-refractivity contribution < 1.29 is 13.2 Å². The number of imidazole rings is 1. The number of aryl methyl sites for hydroxylation is 2. The monoisotopic (exact) mass is 426 g/mol. The lowest BCUT2D eigenvalue weighted by Crippen LogP contribution is -2.35. The minimum Gasteiger partial charge on any atom is -0.325 e. The molecule has 0 radical (unpaired) electrons. The van der Waals surface area contributed by atoms with Crippen LogP contribution < -0.4 is 5.32 Å². The number of hydrogen-bond donors (Lipinski definition) is 1. The van der Waals surface area contributed by atoms with Gasteiger partial charge < -0.3 is 9.72 Å². The average Bonchev–Trinajstić information content (AvgIpc) is 3.14. The number of benzene rings is 1. The number of aromatic nitrogens is 2. The van der Waals surface area contributed by atoms with E-state index < -0.39 is 10.0 Å². The van der Waals surface area contributed by atoms with E-state index in [9.17, 15) is 13.2 Å². The maximum atomic E-state index is 13.0. The Bertz CT molecular complexity index is 1190. The summed E-state index contributed by atoms with van der Waals surface area (Å²) in [6.45, 7) is 4.92. The molecular weight excluding hydrogens is 400 g/mol. The van der Waals surface area contributed by atoms with Crippen molar-refractivity contribution in [1.82, 2.24) is 13.7 Å². The highest BCUT2D eigenvalue weighted by Gasteiger charge is 2.26. The highest BCUT2D eigenvalue weighted by atomic mass is 32.2. The van der Waals surface area contributed by atoms with Gasteiger partial charge in [0.15, 0.2) is 0 Å². The van der Waals surface area contributed by atoms with Crippen molar-refractivity contribution in [3.8, 4) is 0 Å². The second kappa shape index (κ2) is 8.20. The van der Waals surface area contributed by atoms with Crippen LogP contribution in [0.2, 0.25) is 0 Å². The molecule has 1 saturated heterocycles. The van der Waals surface area contributed by atoms with Crippen molar-refractivity contribution in [3.63, 3.8) is 0 Å². The van der Waals surface area contributed by atoms with E-state index in [0.717, 1.165) is 36.0 Å². The summed E-state index contributed by atoms with van der Waals surface area (Å²) in [7, 11) is -3.55. The van der Waals surface area contributed by atoms with Crippen LogP contribution in [-0.2, 0) is 21.2 Å². The Morgan fingerprint density at radius 1 is 1.10 bits per heavy atom. The molecule has 1 aliphatic heterocycles. The molecule has 2 aromatic heterocycles. The number of carbonyl (C=O) groups is 1. The van der Waals surface area contributed by atoms with Gasteiger partial charge in [0, 0.05) is 31.2 Å². The molecule has 3 heterocycles. The van der Waals surface area contributed by atoms with E-state index in [0.29, 0.717) is 24.5 Å². The fourth-order valence-electron chi connectivity index (χ4n) is 3.80. The SMILES string of the molecule is Cc1ccc(S(=O)(=O)N2CCCCC2)cc1NC(=O)Cc1cn2cccc(C)c2n1. The van der Waals surface area contributed by atoms with Crippen LogP contribution in [0.1, 0.15) is 36.1 Å². The number of rotatable bonds is 5. The van der Waals surface area contributed by atoms with E-state index in [1.54, 1.807) is 18.2 Å². The molecule has 158 valence electrons. The van der Waals surface area contributed by atoms with Gasteiger partial charge in [-0.1, -0.05) is 18.6 Å². The van der Waals surface area contributed by atoms with E-state index in [1.807, 2.05) is 42.8 Å². The van der Waals surface area contributed by atoms with E-state index in [1.165, 1.54) is 4.31 Å². The Kier molecular flexibility index (Phi) is 5.62. The molecule has 7 nitrogen and oxygen atoms in total. The maximum absolute atomic E-state index is 13.0. The van der Waals surface area contributed by atoms with Gasteiger partial charge in [-0.3, -0.25) is 4.79 Å². The average molecular weight is 427 g/mol. The Labute approximate surface area is 176 Å². The smallest absolute Gasteiger partial charge is 0.243 e. The predicted octanol–water partition coefficient (Wildman–Crippen LogP) is 3.31. The third kappa shape index (κ3) is 4.11. The molecule has 1 aliphatic rings. The standard InChI is InChI=1S/C22H26N4O3S/c1-16-8-9-19(30(28,29)26-11-4-3-5-12-26)14-20(16)24-21(27)13-18-15-25-10-6-7-17(2)22(25)23-18/h6-10,14-15H,3-5,11-13H2,1-2H3,(H,24,27). The first kappa shape index (κ1) is 20.6. The van der Waals surface area contributed by atoms with Gasteiger partial charge in [0.2, 0.25) is 15.9 Å². The number of nitrogens with zero attached hydrogens (tertiary/aromatic N) is 3. The molecule has 1 amide bonds. The predicted molar refractivity (Wildman–Crippen MR) is 116 cm³/mol. The molecule has 0 bridgehead atoms. The lowest BCUT2D eigenvalue weighted by molar-refractivity contribution is -0.115. The van der Waals surface area contributed by atoms with Crippen LogP contribution in [0, 0.1) is 13.8 Å². The van der Waals surface area contributed by atoms with Crippen LogP contribution in [0.4, 0.5) is 5.69 Å². The number of piperidine rings is 1. The van der Waals surface area contributed by atoms with Gasteiger partial charge in [0.05, 0.1) is 17.0 Å². The van der Waals surface area contributed by atoms with Crippen LogP contribution in [0.5, 0.6) is 0 Å². The highest BCUT2D eigenvalue weighted by Crippen LogP contribution is 2.25. The van der Waals surface area contributed by atoms with Crippen LogP contribution in [0.3, 0.4) is 0 Å². The summed E-state index contributed by atoms with van der Waals surface area (Å²) in [4.78, 5) is 17.4. The molecule has 1 fully saturated rings. The molecule has 1 aromatic carbocycles. The van der Waals surface area contributed by atoms with Crippen molar-refractivity contribution in [1.29, 1.82) is 0 Å². The second-order valence-electron chi connectivity index (χ2n) is 7.82. The van der Waals surface area contributed by atoms with Crippen molar-refractivity contribution in [3.05, 3.63) is 59.5 Å². The number of amides is 1. The van der Waals surface area contributed by atoms with E-state index in [4.69, 9.17) is 0 Å². The highest BCUT2D eigenvalue weighted by molar-refractivity contribution is 7.89. The third-order valence-corrected chi connectivity index (χ3v) is 7.40. The molecule has 3 aromatic rings. The number of fused-ring (bicyclic) bond motifs is 1. The summed E-state index contributed by atoms with van der Waals surface area (Å²) in [5, 5.41) is 2.86. The van der Waals surface area contributed by atoms with Crippen LogP contribution in [0.15, 0.2) is 47.6 Å². The number of sulfonamides is 1. The van der Waals surface area contributed by atoms with Crippen molar-refractivity contribution in [2.24, 2.45) is 0 Å². The summed E-state index contributed by atoms with van der Waals surface area (Å²) < 4.78 is 29.3. The molecule has 0 atom stereocenters. The molecule has 0 saturated carbocycles. The van der Waals surface area contributed by atoms with E-state index in [-0.39, 0.29) is 17.2 Å². The number of anilines is 1. The Morgan fingerprint density at radius 2 is 1.87 bits per heavy atom. The lowest BCUT2D eigenvalue weighted by atomic mass is 10.2. The minimum atomic E-state index is -3.55. The Balaban J connectivity index is 1.52. The second-order valence-corrected chi connectivity index (χ2v) is 9.76. The summed E-state index contributed by atoms with van der Waals surface area (Å²) in [5.74, 6) is -0.230. The van der Waals surface area contributed by atoms with E-state index >= 15 is 0 Å². The third-order valence-electron chi connectivity index (χ3n) is 5.51. The zero-order valence-electron chi connectivity index (χ0n) is 17.3.